The van der Waals surface area contributed by atoms with Crippen molar-refractivity contribution < 1.29 is 9.90 Å². The van der Waals surface area contributed by atoms with Crippen molar-refractivity contribution in [2.45, 2.75) is 38.8 Å². The Morgan fingerprint density at radius 2 is 2.15 bits per heavy atom. The molecule has 1 aliphatic heterocycles. The number of hydrogen-bond donors (Lipinski definition) is 3. The van der Waals surface area contributed by atoms with E-state index in [1.807, 2.05) is 0 Å². The van der Waals surface area contributed by atoms with Crippen molar-refractivity contribution >= 4 is 33.5 Å². The minimum atomic E-state index is -1.11. The molecule has 0 saturated heterocycles. The van der Waals surface area contributed by atoms with E-state index in [0.717, 1.165) is 24.4 Å². The lowest BCUT2D eigenvalue weighted by Crippen LogP contribution is -2.47. The molecule has 136 valence electrons. The first-order valence-corrected chi connectivity index (χ1v) is 9.54. The summed E-state index contributed by atoms with van der Waals surface area (Å²) >= 11 is 1.74. The van der Waals surface area contributed by atoms with E-state index in [9.17, 15) is 4.79 Å². The molecule has 0 bridgehead atoms. The van der Waals surface area contributed by atoms with Crippen LogP contribution < -0.4 is 5.32 Å². The normalized spacial score (nSPS) is 18.0. The van der Waals surface area contributed by atoms with Crippen molar-refractivity contribution in [3.8, 4) is 0 Å². The van der Waals surface area contributed by atoms with Crippen molar-refractivity contribution in [2.24, 2.45) is 0 Å². The maximum atomic E-state index is 11.0. The number of amides is 1. The van der Waals surface area contributed by atoms with Gasteiger partial charge in [0.15, 0.2) is 0 Å². The zero-order valence-corrected chi connectivity index (χ0v) is 15.9. The molecule has 6 nitrogen and oxygen atoms in total. The van der Waals surface area contributed by atoms with Gasteiger partial charge in [-0.25, -0.2) is 9.78 Å². The van der Waals surface area contributed by atoms with Crippen molar-refractivity contribution in [1.82, 2.24) is 14.9 Å². The molecule has 1 atom stereocenters. The molecule has 3 heterocycles. The molecular weight excluding hydrogens is 348 g/mol. The Morgan fingerprint density at radius 3 is 2.88 bits per heavy atom. The van der Waals surface area contributed by atoms with Crippen LogP contribution in [0.3, 0.4) is 0 Å². The Labute approximate surface area is 155 Å². The monoisotopic (exact) mass is 370 g/mol. The van der Waals surface area contributed by atoms with E-state index in [1.54, 1.807) is 11.3 Å². The molecule has 2 aromatic heterocycles. The third-order valence-corrected chi connectivity index (χ3v) is 5.86. The summed E-state index contributed by atoms with van der Waals surface area (Å²) in [5, 5.41) is 14.8. The topological polar surface area (TPSA) is 81.2 Å². The summed E-state index contributed by atoms with van der Waals surface area (Å²) in [6.45, 7) is 7.52. The first kappa shape index (κ1) is 17.1. The Balaban J connectivity index is 1.88. The van der Waals surface area contributed by atoms with E-state index >= 15 is 0 Å². The van der Waals surface area contributed by atoms with Gasteiger partial charge in [0, 0.05) is 28.9 Å². The molecule has 0 fully saturated rings. The quantitative estimate of drug-likeness (QED) is 0.622. The molecule has 0 aliphatic carbocycles. The van der Waals surface area contributed by atoms with Crippen LogP contribution >= 0.6 is 11.3 Å². The third-order valence-electron chi connectivity index (χ3n) is 4.88. The van der Waals surface area contributed by atoms with E-state index in [1.165, 1.54) is 15.6 Å². The number of nitrogens with zero attached hydrogens (tertiary/aromatic N) is 2. The van der Waals surface area contributed by atoms with Crippen LogP contribution in [-0.4, -0.2) is 38.2 Å². The number of aromatic amines is 1. The Hall–Kier alpha value is -2.38. The van der Waals surface area contributed by atoms with Crippen LogP contribution in [0.25, 0.3) is 10.1 Å². The van der Waals surface area contributed by atoms with Crippen LogP contribution in [0.5, 0.6) is 0 Å². The van der Waals surface area contributed by atoms with Crippen molar-refractivity contribution in [3.05, 3.63) is 46.6 Å². The van der Waals surface area contributed by atoms with Gasteiger partial charge in [-0.3, -0.25) is 10.2 Å². The molecule has 1 aromatic carbocycles. The first-order valence-electron chi connectivity index (χ1n) is 8.66. The van der Waals surface area contributed by atoms with Gasteiger partial charge < -0.3 is 10.1 Å². The summed E-state index contributed by atoms with van der Waals surface area (Å²) in [5.41, 5.74) is 3.12. The fourth-order valence-electron chi connectivity index (χ4n) is 3.76. The molecule has 1 amide bonds. The zero-order chi connectivity index (χ0) is 18.5. The molecule has 7 heteroatoms. The summed E-state index contributed by atoms with van der Waals surface area (Å²) in [7, 11) is 0. The van der Waals surface area contributed by atoms with E-state index in [2.05, 4.69) is 70.6 Å². The number of thiophene rings is 1. The lowest BCUT2D eigenvalue weighted by atomic mass is 9.90. The molecule has 4 rings (SSSR count). The molecule has 3 aromatic rings. The molecule has 26 heavy (non-hydrogen) atoms. The fourth-order valence-corrected chi connectivity index (χ4v) is 4.74. The number of hydrogen-bond acceptors (Lipinski definition) is 4. The standard InChI is InChI=1S/C19H22N4O2S/c1-19(2,3)23-9-8-13-15(21-17(20-13)22-18(24)25)16(23)12-10-26-14-7-5-4-6-11(12)14/h4-7,10,16H,8-9H2,1-3H3,(H,24,25)(H2,20,21,22). The second-order valence-electron chi connectivity index (χ2n) is 7.58. The highest BCUT2D eigenvalue weighted by Gasteiger charge is 2.38. The van der Waals surface area contributed by atoms with Crippen LogP contribution in [0.1, 0.15) is 43.8 Å². The van der Waals surface area contributed by atoms with E-state index < -0.39 is 6.09 Å². The molecular formula is C19H22N4O2S. The zero-order valence-electron chi connectivity index (χ0n) is 15.0. The van der Waals surface area contributed by atoms with Gasteiger partial charge in [0.1, 0.15) is 0 Å². The number of rotatable bonds is 2. The van der Waals surface area contributed by atoms with Gasteiger partial charge in [-0.2, -0.15) is 0 Å². The molecule has 1 aliphatic rings. The highest BCUT2D eigenvalue weighted by atomic mass is 32.1. The highest BCUT2D eigenvalue weighted by Crippen LogP contribution is 2.43. The Kier molecular flexibility index (Phi) is 4.00. The van der Waals surface area contributed by atoms with E-state index in [-0.39, 0.29) is 11.6 Å². The number of fused-ring (bicyclic) bond motifs is 2. The largest absolute Gasteiger partial charge is 0.465 e. The van der Waals surface area contributed by atoms with Gasteiger partial charge in [-0.1, -0.05) is 18.2 Å². The maximum Gasteiger partial charge on any atom is 0.411 e. The summed E-state index contributed by atoms with van der Waals surface area (Å²) in [4.78, 5) is 21.2. The van der Waals surface area contributed by atoms with Gasteiger partial charge in [0.2, 0.25) is 5.95 Å². The molecule has 1 unspecified atom stereocenters. The van der Waals surface area contributed by atoms with E-state index in [4.69, 9.17) is 5.11 Å². The number of H-pyrrole nitrogens is 1. The van der Waals surface area contributed by atoms with Crippen molar-refractivity contribution in [2.75, 3.05) is 11.9 Å². The van der Waals surface area contributed by atoms with Crippen LogP contribution in [0.15, 0.2) is 29.6 Å². The van der Waals surface area contributed by atoms with Crippen LogP contribution in [0.2, 0.25) is 0 Å². The third kappa shape index (κ3) is 2.87. The predicted molar refractivity (Wildman–Crippen MR) is 104 cm³/mol. The summed E-state index contributed by atoms with van der Waals surface area (Å²) < 4.78 is 1.25. The molecule has 0 spiro atoms. The van der Waals surface area contributed by atoms with E-state index in [0.29, 0.717) is 5.95 Å². The van der Waals surface area contributed by atoms with Gasteiger partial charge in [-0.15, -0.1) is 11.3 Å². The van der Waals surface area contributed by atoms with Crippen LogP contribution in [0.4, 0.5) is 10.7 Å². The number of carboxylic acid groups (broad SMARTS) is 1. The molecule has 3 N–H and O–H groups in total. The Bertz CT molecular complexity index is 969. The lowest BCUT2D eigenvalue weighted by Gasteiger charge is -2.43. The number of nitrogens with one attached hydrogen (secondary N) is 2. The fraction of sp³-hybridized carbons (Fsp3) is 0.368. The van der Waals surface area contributed by atoms with Crippen molar-refractivity contribution in [1.29, 1.82) is 0 Å². The number of benzene rings is 1. The van der Waals surface area contributed by atoms with Crippen LogP contribution in [-0.2, 0) is 6.42 Å². The van der Waals surface area contributed by atoms with Crippen LogP contribution in [0, 0.1) is 0 Å². The summed E-state index contributed by atoms with van der Waals surface area (Å²) in [6.07, 6.45) is -0.291. The smallest absolute Gasteiger partial charge is 0.411 e. The van der Waals surface area contributed by atoms with Gasteiger partial charge in [0.05, 0.1) is 11.7 Å². The minimum absolute atomic E-state index is 0.00417. The van der Waals surface area contributed by atoms with Crippen molar-refractivity contribution in [3.63, 3.8) is 0 Å². The van der Waals surface area contributed by atoms with Gasteiger partial charge in [0.25, 0.3) is 0 Å². The second-order valence-corrected chi connectivity index (χ2v) is 8.49. The second kappa shape index (κ2) is 6.10. The molecule has 0 radical (unpaired) electrons. The number of anilines is 1. The SMILES string of the molecule is CC(C)(C)N1CCc2[nH]c(NC(=O)O)nc2C1c1csc2ccccc12. The maximum absolute atomic E-state index is 11.0. The highest BCUT2D eigenvalue weighted by molar-refractivity contribution is 7.17. The average molecular weight is 370 g/mol. The summed E-state index contributed by atoms with van der Waals surface area (Å²) in [5.74, 6) is 0.294. The molecule has 0 saturated carbocycles. The van der Waals surface area contributed by atoms with Gasteiger partial charge >= 0.3 is 6.09 Å². The van der Waals surface area contributed by atoms with Gasteiger partial charge in [-0.05, 0) is 43.2 Å². The Morgan fingerprint density at radius 1 is 1.38 bits per heavy atom. The minimum Gasteiger partial charge on any atom is -0.465 e. The lowest BCUT2D eigenvalue weighted by molar-refractivity contribution is 0.0910. The first-order chi connectivity index (χ1) is 12.3. The average Bonchev–Trinajstić information content (AvgIpc) is 3.15. The number of carbonyl (C=O) groups is 1. The summed E-state index contributed by atoms with van der Waals surface area (Å²) in [6, 6.07) is 8.40. The predicted octanol–water partition coefficient (Wildman–Crippen LogP) is 4.46. The number of aromatic nitrogens is 2. The number of imidazole rings is 1.